The van der Waals surface area contributed by atoms with Gasteiger partial charge in [0.05, 0.1) is 6.10 Å². The fraction of sp³-hybridized carbons (Fsp3) is 0.467. The van der Waals surface area contributed by atoms with Gasteiger partial charge in [0.25, 0.3) is 0 Å². The molecular formula is C15H20N4O3. The molecule has 2 heterocycles. The van der Waals surface area contributed by atoms with Crippen molar-refractivity contribution in [2.75, 3.05) is 0 Å². The largest absolute Gasteiger partial charge is 0.474 e. The van der Waals surface area contributed by atoms with Crippen molar-refractivity contribution < 1.29 is 14.3 Å². The third-order valence-electron chi connectivity index (χ3n) is 2.87. The van der Waals surface area contributed by atoms with Crippen LogP contribution in [-0.2, 0) is 11.2 Å². The van der Waals surface area contributed by atoms with E-state index in [1.165, 1.54) is 0 Å². The zero-order chi connectivity index (χ0) is 16.1. The summed E-state index contributed by atoms with van der Waals surface area (Å²) in [5, 5.41) is 6.84. The van der Waals surface area contributed by atoms with Crippen LogP contribution in [0.15, 0.2) is 18.3 Å². The lowest BCUT2D eigenvalue weighted by molar-refractivity contribution is 0.0313. The molecule has 0 aliphatic rings. The predicted molar refractivity (Wildman–Crippen MR) is 79.6 cm³/mol. The highest BCUT2D eigenvalue weighted by atomic mass is 16.5. The molecule has 118 valence electrons. The van der Waals surface area contributed by atoms with Crippen LogP contribution in [0.25, 0.3) is 0 Å². The summed E-state index contributed by atoms with van der Waals surface area (Å²) in [7, 11) is 0. The molecule has 1 N–H and O–H groups in total. The highest BCUT2D eigenvalue weighted by Crippen LogP contribution is 2.21. The van der Waals surface area contributed by atoms with Crippen LogP contribution in [0.4, 0.5) is 0 Å². The zero-order valence-electron chi connectivity index (χ0n) is 13.2. The molecule has 0 saturated heterocycles. The van der Waals surface area contributed by atoms with Crippen LogP contribution in [0.1, 0.15) is 55.8 Å². The van der Waals surface area contributed by atoms with Crippen LogP contribution in [0.5, 0.6) is 5.88 Å². The molecule has 2 aromatic heterocycles. The van der Waals surface area contributed by atoms with E-state index in [1.54, 1.807) is 25.3 Å². The molecule has 7 nitrogen and oxygen atoms in total. The number of hydrogen-bond acceptors (Lipinski definition) is 6. The number of pyridine rings is 1. The molecule has 0 spiro atoms. The van der Waals surface area contributed by atoms with Gasteiger partial charge in [0.1, 0.15) is 11.4 Å². The number of aromatic nitrogens is 4. The van der Waals surface area contributed by atoms with Gasteiger partial charge in [-0.3, -0.25) is 5.10 Å². The van der Waals surface area contributed by atoms with E-state index in [2.05, 4.69) is 20.2 Å². The minimum Gasteiger partial charge on any atom is -0.474 e. The number of hydrogen-bond donors (Lipinski definition) is 1. The number of rotatable bonds is 6. The molecule has 0 bridgehead atoms. The molecule has 2 aromatic rings. The van der Waals surface area contributed by atoms with Crippen molar-refractivity contribution in [2.45, 2.75) is 46.3 Å². The summed E-state index contributed by atoms with van der Waals surface area (Å²) >= 11 is 0. The minimum atomic E-state index is -0.559. The van der Waals surface area contributed by atoms with Crippen LogP contribution < -0.4 is 4.74 Å². The number of carbonyl (C=O) groups excluding carboxylic acids is 1. The van der Waals surface area contributed by atoms with Gasteiger partial charge in [0.15, 0.2) is 11.9 Å². The summed E-state index contributed by atoms with van der Waals surface area (Å²) in [5.74, 6) is 0.946. The molecule has 0 aliphatic carbocycles. The van der Waals surface area contributed by atoms with Crippen molar-refractivity contribution in [3.8, 4) is 5.88 Å². The first-order valence-electron chi connectivity index (χ1n) is 7.25. The van der Waals surface area contributed by atoms with Crippen LogP contribution in [-0.4, -0.2) is 32.2 Å². The number of esters is 1. The summed E-state index contributed by atoms with van der Waals surface area (Å²) in [6.45, 7) is 7.42. The summed E-state index contributed by atoms with van der Waals surface area (Å²) in [6, 6.07) is 3.28. The van der Waals surface area contributed by atoms with Crippen molar-refractivity contribution in [3.63, 3.8) is 0 Å². The Kier molecular flexibility index (Phi) is 5.08. The Bertz CT molecular complexity index is 639. The van der Waals surface area contributed by atoms with Crippen LogP contribution in [0.2, 0.25) is 0 Å². The lowest BCUT2D eigenvalue weighted by Crippen LogP contribution is -2.15. The van der Waals surface area contributed by atoms with E-state index in [4.69, 9.17) is 9.47 Å². The Morgan fingerprint density at radius 2 is 2.14 bits per heavy atom. The Balaban J connectivity index is 2.11. The van der Waals surface area contributed by atoms with E-state index in [0.717, 1.165) is 12.2 Å². The number of aromatic amines is 1. The van der Waals surface area contributed by atoms with Crippen molar-refractivity contribution in [1.82, 2.24) is 20.2 Å². The van der Waals surface area contributed by atoms with Gasteiger partial charge >= 0.3 is 5.97 Å². The average molecular weight is 304 g/mol. The lowest BCUT2D eigenvalue weighted by atomic mass is 10.2. The first-order chi connectivity index (χ1) is 10.5. The zero-order valence-corrected chi connectivity index (χ0v) is 13.2. The Morgan fingerprint density at radius 3 is 2.77 bits per heavy atom. The number of H-pyrrole nitrogens is 1. The smallest absolute Gasteiger partial charge is 0.344 e. The number of nitrogens with one attached hydrogen (secondary N) is 1. The van der Waals surface area contributed by atoms with Gasteiger partial charge in [-0.05, 0) is 32.9 Å². The minimum absolute atomic E-state index is 0.0843. The van der Waals surface area contributed by atoms with Crippen LogP contribution in [0.3, 0.4) is 0 Å². The summed E-state index contributed by atoms with van der Waals surface area (Å²) in [4.78, 5) is 20.6. The Labute approximate surface area is 129 Å². The number of nitrogens with zero attached hydrogens (tertiary/aromatic N) is 3. The number of carbonyl (C=O) groups is 1. The molecule has 0 aromatic carbocycles. The second-order valence-electron chi connectivity index (χ2n) is 5.06. The van der Waals surface area contributed by atoms with Gasteiger partial charge in [-0.15, -0.1) is 0 Å². The van der Waals surface area contributed by atoms with E-state index < -0.39 is 12.1 Å². The summed E-state index contributed by atoms with van der Waals surface area (Å²) < 4.78 is 10.9. The summed E-state index contributed by atoms with van der Waals surface area (Å²) in [6.07, 6.45) is 1.67. The molecule has 1 atom stereocenters. The third kappa shape index (κ3) is 3.81. The van der Waals surface area contributed by atoms with Gasteiger partial charge in [0, 0.05) is 12.6 Å². The fourth-order valence-electron chi connectivity index (χ4n) is 1.79. The van der Waals surface area contributed by atoms with E-state index >= 15 is 0 Å². The maximum Gasteiger partial charge on any atom is 0.344 e. The molecule has 0 saturated carbocycles. The van der Waals surface area contributed by atoms with Crippen molar-refractivity contribution in [1.29, 1.82) is 0 Å². The van der Waals surface area contributed by atoms with Crippen molar-refractivity contribution >= 4 is 5.97 Å². The fourth-order valence-corrected chi connectivity index (χ4v) is 1.79. The first kappa shape index (κ1) is 15.9. The van der Waals surface area contributed by atoms with E-state index in [0.29, 0.717) is 5.82 Å². The van der Waals surface area contributed by atoms with E-state index in [1.807, 2.05) is 20.8 Å². The molecule has 0 radical (unpaired) electrons. The molecule has 7 heteroatoms. The monoisotopic (exact) mass is 304 g/mol. The molecule has 2 rings (SSSR count). The Morgan fingerprint density at radius 1 is 1.36 bits per heavy atom. The average Bonchev–Trinajstić information content (AvgIpc) is 2.96. The molecule has 1 unspecified atom stereocenters. The Hall–Kier alpha value is -2.44. The second-order valence-corrected chi connectivity index (χ2v) is 5.06. The predicted octanol–water partition coefficient (Wildman–Crippen LogP) is 2.47. The van der Waals surface area contributed by atoms with Gasteiger partial charge < -0.3 is 9.47 Å². The quantitative estimate of drug-likeness (QED) is 0.824. The normalized spacial score (nSPS) is 12.2. The number of aryl methyl sites for hydroxylation is 1. The van der Waals surface area contributed by atoms with Gasteiger partial charge in [-0.1, -0.05) is 6.92 Å². The van der Waals surface area contributed by atoms with Gasteiger partial charge in [-0.2, -0.15) is 5.10 Å². The van der Waals surface area contributed by atoms with Crippen LogP contribution in [0, 0.1) is 0 Å². The van der Waals surface area contributed by atoms with Crippen molar-refractivity contribution in [3.05, 3.63) is 35.5 Å². The molecule has 22 heavy (non-hydrogen) atoms. The van der Waals surface area contributed by atoms with E-state index in [-0.39, 0.29) is 17.5 Å². The lowest BCUT2D eigenvalue weighted by Gasteiger charge is -2.14. The molecule has 0 amide bonds. The second kappa shape index (κ2) is 7.02. The third-order valence-corrected chi connectivity index (χ3v) is 2.87. The van der Waals surface area contributed by atoms with Gasteiger partial charge in [-0.25, -0.2) is 14.8 Å². The molecule has 0 aliphatic heterocycles. The van der Waals surface area contributed by atoms with E-state index in [9.17, 15) is 4.79 Å². The number of ether oxygens (including phenoxy) is 2. The van der Waals surface area contributed by atoms with Gasteiger partial charge in [0.2, 0.25) is 5.88 Å². The first-order valence-corrected chi connectivity index (χ1v) is 7.25. The van der Waals surface area contributed by atoms with Crippen molar-refractivity contribution in [2.24, 2.45) is 0 Å². The molecule has 0 fully saturated rings. The maximum absolute atomic E-state index is 12.3. The topological polar surface area (TPSA) is 90.0 Å². The molecular weight excluding hydrogens is 284 g/mol. The summed E-state index contributed by atoms with van der Waals surface area (Å²) in [5.41, 5.74) is 0.286. The van der Waals surface area contributed by atoms with Crippen LogP contribution >= 0.6 is 0 Å². The highest BCUT2D eigenvalue weighted by molar-refractivity contribution is 5.91. The maximum atomic E-state index is 12.3. The standard InChI is InChI=1S/C15H20N4O3/c1-5-12-17-13(19-18-12)10(4)22-15(20)11-7-6-8-16-14(11)21-9(2)3/h6-10H,5H2,1-4H3,(H,17,18,19). The SMILES string of the molecule is CCc1nc(C(C)OC(=O)c2cccnc2OC(C)C)n[nH]1. The highest BCUT2D eigenvalue weighted by Gasteiger charge is 2.21.